The fourth-order valence-electron chi connectivity index (χ4n) is 1.18. The third-order valence-electron chi connectivity index (χ3n) is 2.15. The normalized spacial score (nSPS) is 14.3. The van der Waals surface area contributed by atoms with E-state index in [-0.39, 0.29) is 10.2 Å². The SMILES string of the molecule is OC(CNc1ccc(Br)c(C(F)(F)F)c1)C(F)(F)F. The summed E-state index contributed by atoms with van der Waals surface area (Å²) >= 11 is 2.70. The maximum absolute atomic E-state index is 12.5. The van der Waals surface area contributed by atoms with Gasteiger partial charge < -0.3 is 10.4 Å². The first-order valence-corrected chi connectivity index (χ1v) is 5.66. The van der Waals surface area contributed by atoms with Crippen molar-refractivity contribution in [1.82, 2.24) is 0 Å². The van der Waals surface area contributed by atoms with Crippen LogP contribution < -0.4 is 5.32 Å². The van der Waals surface area contributed by atoms with Crippen molar-refractivity contribution in [1.29, 1.82) is 0 Å². The van der Waals surface area contributed by atoms with E-state index in [1.54, 1.807) is 0 Å². The van der Waals surface area contributed by atoms with Gasteiger partial charge in [0.25, 0.3) is 0 Å². The standard InChI is InChI=1S/C10H8BrF6NO/c11-7-2-1-5(3-6(7)9(12,13)14)18-4-8(19)10(15,16)17/h1-3,8,18-19H,4H2. The molecule has 2 N–H and O–H groups in total. The number of hydrogen-bond donors (Lipinski definition) is 2. The molecular weight excluding hydrogens is 344 g/mol. The molecule has 1 aromatic rings. The number of benzene rings is 1. The second-order valence-electron chi connectivity index (χ2n) is 3.63. The molecule has 0 fully saturated rings. The molecule has 1 rings (SSSR count). The Labute approximate surface area is 112 Å². The zero-order chi connectivity index (χ0) is 14.8. The molecule has 0 aliphatic rings. The van der Waals surface area contributed by atoms with Crippen molar-refractivity contribution in [2.24, 2.45) is 0 Å². The van der Waals surface area contributed by atoms with Crippen LogP contribution in [0.3, 0.4) is 0 Å². The van der Waals surface area contributed by atoms with E-state index in [0.717, 1.165) is 6.07 Å². The first-order valence-electron chi connectivity index (χ1n) is 4.87. The molecule has 0 saturated heterocycles. The van der Waals surface area contributed by atoms with Crippen LogP contribution in [0, 0.1) is 0 Å². The van der Waals surface area contributed by atoms with Crippen LogP contribution in [0.1, 0.15) is 5.56 Å². The minimum absolute atomic E-state index is 0.168. The van der Waals surface area contributed by atoms with Crippen molar-refractivity contribution in [2.45, 2.75) is 18.5 Å². The smallest absolute Gasteiger partial charge is 0.382 e. The minimum atomic E-state index is -4.82. The van der Waals surface area contributed by atoms with Gasteiger partial charge in [0.05, 0.1) is 5.56 Å². The zero-order valence-electron chi connectivity index (χ0n) is 9.11. The molecule has 0 amide bonds. The number of aliphatic hydroxyl groups excluding tert-OH is 1. The quantitative estimate of drug-likeness (QED) is 0.812. The van der Waals surface area contributed by atoms with Gasteiger partial charge in [-0.2, -0.15) is 26.3 Å². The molecule has 0 aliphatic carbocycles. The van der Waals surface area contributed by atoms with Gasteiger partial charge >= 0.3 is 12.4 Å². The van der Waals surface area contributed by atoms with Gasteiger partial charge in [-0.15, -0.1) is 0 Å². The molecule has 1 atom stereocenters. The molecule has 2 nitrogen and oxygen atoms in total. The highest BCUT2D eigenvalue weighted by atomic mass is 79.9. The highest BCUT2D eigenvalue weighted by Crippen LogP contribution is 2.36. The van der Waals surface area contributed by atoms with E-state index in [1.165, 1.54) is 6.07 Å². The lowest BCUT2D eigenvalue weighted by molar-refractivity contribution is -0.198. The van der Waals surface area contributed by atoms with Gasteiger partial charge in [-0.3, -0.25) is 0 Å². The Kier molecular flexibility index (Phi) is 4.72. The highest BCUT2D eigenvalue weighted by molar-refractivity contribution is 9.10. The molecule has 0 spiro atoms. The van der Waals surface area contributed by atoms with E-state index in [4.69, 9.17) is 5.11 Å². The summed E-state index contributed by atoms with van der Waals surface area (Å²) < 4.78 is 73.4. The Morgan fingerprint density at radius 2 is 1.74 bits per heavy atom. The lowest BCUT2D eigenvalue weighted by Crippen LogP contribution is -2.35. The maximum Gasteiger partial charge on any atom is 0.417 e. The van der Waals surface area contributed by atoms with Crippen LogP contribution >= 0.6 is 15.9 Å². The van der Waals surface area contributed by atoms with Gasteiger partial charge in [-0.25, -0.2) is 0 Å². The second kappa shape index (κ2) is 5.58. The highest BCUT2D eigenvalue weighted by Gasteiger charge is 2.38. The summed E-state index contributed by atoms with van der Waals surface area (Å²) in [7, 11) is 0. The number of anilines is 1. The number of nitrogens with one attached hydrogen (secondary N) is 1. The molecule has 1 unspecified atom stereocenters. The minimum Gasteiger partial charge on any atom is -0.382 e. The Morgan fingerprint density at radius 3 is 2.21 bits per heavy atom. The molecular formula is C10H8BrF6NO. The van der Waals surface area contributed by atoms with Gasteiger partial charge in [0.2, 0.25) is 0 Å². The molecule has 0 aliphatic heterocycles. The summed E-state index contributed by atoms with van der Waals surface area (Å²) in [5, 5.41) is 10.8. The fraction of sp³-hybridized carbons (Fsp3) is 0.400. The molecule has 1 aromatic carbocycles. The third-order valence-corrected chi connectivity index (χ3v) is 2.84. The monoisotopic (exact) mass is 351 g/mol. The van der Waals surface area contributed by atoms with E-state index in [2.05, 4.69) is 21.2 Å². The molecule has 19 heavy (non-hydrogen) atoms. The summed E-state index contributed by atoms with van der Waals surface area (Å²) in [6.07, 6.45) is -12.1. The van der Waals surface area contributed by atoms with Crippen molar-refractivity contribution < 1.29 is 31.4 Å². The fourth-order valence-corrected chi connectivity index (χ4v) is 1.65. The maximum atomic E-state index is 12.5. The lowest BCUT2D eigenvalue weighted by atomic mass is 10.2. The predicted octanol–water partition coefficient (Wildman–Crippen LogP) is 3.80. The van der Waals surface area contributed by atoms with E-state index in [9.17, 15) is 26.3 Å². The number of rotatable bonds is 3. The third kappa shape index (κ3) is 4.57. The van der Waals surface area contributed by atoms with Gasteiger partial charge in [0.15, 0.2) is 6.10 Å². The summed E-state index contributed by atoms with van der Waals surface area (Å²) in [6.45, 7) is -0.928. The number of alkyl halides is 6. The van der Waals surface area contributed by atoms with Crippen molar-refractivity contribution in [3.63, 3.8) is 0 Å². The van der Waals surface area contributed by atoms with Gasteiger partial charge in [-0.1, -0.05) is 15.9 Å². The number of aliphatic hydroxyl groups is 1. The van der Waals surface area contributed by atoms with Crippen LogP contribution in [0.15, 0.2) is 22.7 Å². The average molecular weight is 352 g/mol. The Hall–Kier alpha value is -0.960. The summed E-state index contributed by atoms with van der Waals surface area (Å²) in [5.41, 5.74) is -1.18. The molecule has 0 heterocycles. The number of hydrogen-bond acceptors (Lipinski definition) is 2. The van der Waals surface area contributed by atoms with Gasteiger partial charge in [0, 0.05) is 16.7 Å². The van der Waals surface area contributed by atoms with E-state index in [0.29, 0.717) is 6.07 Å². The van der Waals surface area contributed by atoms with Crippen molar-refractivity contribution in [3.8, 4) is 0 Å². The zero-order valence-corrected chi connectivity index (χ0v) is 10.7. The topological polar surface area (TPSA) is 32.3 Å². The second-order valence-corrected chi connectivity index (χ2v) is 4.49. The first kappa shape index (κ1) is 16.1. The average Bonchev–Trinajstić information content (AvgIpc) is 2.24. The van der Waals surface area contributed by atoms with E-state index < -0.39 is 30.6 Å². The largest absolute Gasteiger partial charge is 0.417 e. The number of halogens is 7. The summed E-state index contributed by atoms with van der Waals surface area (Å²) in [4.78, 5) is 0. The van der Waals surface area contributed by atoms with Crippen LogP contribution in [0.5, 0.6) is 0 Å². The first-order chi connectivity index (χ1) is 8.51. The molecule has 0 bridgehead atoms. The van der Waals surface area contributed by atoms with Crippen molar-refractivity contribution >= 4 is 21.6 Å². The van der Waals surface area contributed by atoms with Crippen LogP contribution in [0.4, 0.5) is 32.0 Å². The van der Waals surface area contributed by atoms with Crippen LogP contribution in [0.2, 0.25) is 0 Å². The molecule has 0 radical (unpaired) electrons. The van der Waals surface area contributed by atoms with Gasteiger partial charge in [0.1, 0.15) is 0 Å². The Bertz CT molecular complexity index is 445. The van der Waals surface area contributed by atoms with Crippen LogP contribution in [-0.4, -0.2) is 23.9 Å². The Balaban J connectivity index is 2.82. The molecule has 0 aromatic heterocycles. The van der Waals surface area contributed by atoms with Crippen LogP contribution in [-0.2, 0) is 6.18 Å². The summed E-state index contributed by atoms with van der Waals surface area (Å²) in [6, 6.07) is 2.89. The predicted molar refractivity (Wildman–Crippen MR) is 59.7 cm³/mol. The van der Waals surface area contributed by atoms with Crippen molar-refractivity contribution in [2.75, 3.05) is 11.9 Å². The lowest BCUT2D eigenvalue weighted by Gasteiger charge is -2.17. The molecule has 9 heteroatoms. The molecule has 108 valence electrons. The Morgan fingerprint density at radius 1 is 1.16 bits per heavy atom. The van der Waals surface area contributed by atoms with E-state index in [1.807, 2.05) is 0 Å². The van der Waals surface area contributed by atoms with Crippen LogP contribution in [0.25, 0.3) is 0 Å². The van der Waals surface area contributed by atoms with Gasteiger partial charge in [-0.05, 0) is 18.2 Å². The molecule has 0 saturated carbocycles. The van der Waals surface area contributed by atoms with Crippen molar-refractivity contribution in [3.05, 3.63) is 28.2 Å². The summed E-state index contributed by atoms with van der Waals surface area (Å²) in [5.74, 6) is 0. The van der Waals surface area contributed by atoms with E-state index >= 15 is 0 Å².